The molecule has 19 heavy (non-hydrogen) atoms. The number of benzene rings is 1. The normalized spacial score (nSPS) is 12.5. The largest absolute Gasteiger partial charge is 0.508 e. The molecule has 3 nitrogen and oxygen atoms in total. The highest BCUT2D eigenvalue weighted by Gasteiger charge is 2.11. The molecule has 3 N–H and O–H groups in total. The number of nitrogens with one attached hydrogen (secondary N) is 1. The van der Waals surface area contributed by atoms with E-state index in [9.17, 15) is 10.2 Å². The first kappa shape index (κ1) is 13.9. The zero-order valence-electron chi connectivity index (χ0n) is 11.2. The standard InChI is InChI=1S/C15H19NO2S/c1-3-11-6-7-19-15(11)9-16-10(2)13-5-4-12(17)8-14(13)18/h4-8,10,16-18H,3,9H2,1-2H3. The summed E-state index contributed by atoms with van der Waals surface area (Å²) >= 11 is 1.75. The number of thiophene rings is 1. The van der Waals surface area contributed by atoms with Crippen molar-refractivity contribution in [2.45, 2.75) is 32.9 Å². The minimum absolute atomic E-state index is 0.0346. The molecule has 102 valence electrons. The van der Waals surface area contributed by atoms with E-state index in [4.69, 9.17) is 0 Å². The van der Waals surface area contributed by atoms with E-state index in [0.717, 1.165) is 18.5 Å². The molecule has 0 saturated carbocycles. The van der Waals surface area contributed by atoms with Crippen LogP contribution in [0.15, 0.2) is 29.6 Å². The third-order valence-electron chi connectivity index (χ3n) is 3.27. The number of aryl methyl sites for hydroxylation is 1. The maximum Gasteiger partial charge on any atom is 0.124 e. The van der Waals surface area contributed by atoms with Gasteiger partial charge in [0.1, 0.15) is 11.5 Å². The zero-order chi connectivity index (χ0) is 13.8. The van der Waals surface area contributed by atoms with Crippen LogP contribution in [0.1, 0.15) is 35.9 Å². The lowest BCUT2D eigenvalue weighted by Gasteiger charge is -2.15. The molecule has 0 spiro atoms. The van der Waals surface area contributed by atoms with Crippen LogP contribution in [-0.4, -0.2) is 10.2 Å². The van der Waals surface area contributed by atoms with Crippen LogP contribution in [0.2, 0.25) is 0 Å². The number of hydrogen-bond acceptors (Lipinski definition) is 4. The predicted molar refractivity (Wildman–Crippen MR) is 78.7 cm³/mol. The molecule has 0 aliphatic heterocycles. The van der Waals surface area contributed by atoms with E-state index in [0.29, 0.717) is 0 Å². The van der Waals surface area contributed by atoms with E-state index in [-0.39, 0.29) is 17.5 Å². The van der Waals surface area contributed by atoms with Crippen LogP contribution < -0.4 is 5.32 Å². The molecule has 0 aliphatic rings. The summed E-state index contributed by atoms with van der Waals surface area (Å²) in [4.78, 5) is 1.34. The van der Waals surface area contributed by atoms with Crippen molar-refractivity contribution in [2.24, 2.45) is 0 Å². The van der Waals surface area contributed by atoms with Gasteiger partial charge in [0.05, 0.1) is 0 Å². The van der Waals surface area contributed by atoms with Crippen LogP contribution in [0.4, 0.5) is 0 Å². The summed E-state index contributed by atoms with van der Waals surface area (Å²) in [6, 6.07) is 6.90. The molecule has 1 aromatic heterocycles. The third-order valence-corrected chi connectivity index (χ3v) is 4.23. The number of rotatable bonds is 5. The summed E-state index contributed by atoms with van der Waals surface area (Å²) in [6.45, 7) is 4.95. The van der Waals surface area contributed by atoms with Crippen LogP contribution in [0.25, 0.3) is 0 Å². The van der Waals surface area contributed by atoms with Crippen molar-refractivity contribution in [1.29, 1.82) is 0 Å². The van der Waals surface area contributed by atoms with Gasteiger partial charge in [-0.25, -0.2) is 0 Å². The van der Waals surface area contributed by atoms with Gasteiger partial charge < -0.3 is 15.5 Å². The van der Waals surface area contributed by atoms with Gasteiger partial charge in [-0.3, -0.25) is 0 Å². The van der Waals surface area contributed by atoms with Gasteiger partial charge in [-0.2, -0.15) is 0 Å². The lowest BCUT2D eigenvalue weighted by Crippen LogP contribution is -2.18. The van der Waals surface area contributed by atoms with Crippen molar-refractivity contribution in [3.8, 4) is 11.5 Å². The summed E-state index contributed by atoms with van der Waals surface area (Å²) < 4.78 is 0. The van der Waals surface area contributed by atoms with Crippen LogP contribution in [0.5, 0.6) is 11.5 Å². The van der Waals surface area contributed by atoms with E-state index >= 15 is 0 Å². The first-order chi connectivity index (χ1) is 9.11. The topological polar surface area (TPSA) is 52.5 Å². The Labute approximate surface area is 117 Å². The smallest absolute Gasteiger partial charge is 0.124 e. The SMILES string of the molecule is CCc1ccsc1CNC(C)c1ccc(O)cc1O. The maximum atomic E-state index is 9.82. The van der Waals surface area contributed by atoms with Gasteiger partial charge >= 0.3 is 0 Å². The van der Waals surface area contributed by atoms with Crippen molar-refractivity contribution in [3.05, 3.63) is 45.6 Å². The van der Waals surface area contributed by atoms with Crippen molar-refractivity contribution >= 4 is 11.3 Å². The molecule has 2 rings (SSSR count). The Kier molecular flexibility index (Phi) is 4.45. The zero-order valence-corrected chi connectivity index (χ0v) is 12.0. The molecule has 0 radical (unpaired) electrons. The number of hydrogen-bond donors (Lipinski definition) is 3. The summed E-state index contributed by atoms with van der Waals surface area (Å²) in [7, 11) is 0. The Balaban J connectivity index is 2.03. The molecule has 0 saturated heterocycles. The lowest BCUT2D eigenvalue weighted by atomic mass is 10.1. The molecule has 4 heteroatoms. The molecule has 0 fully saturated rings. The van der Waals surface area contributed by atoms with Crippen molar-refractivity contribution < 1.29 is 10.2 Å². The number of aromatic hydroxyl groups is 2. The molecule has 1 atom stereocenters. The molecular formula is C15H19NO2S. The summed E-state index contributed by atoms with van der Waals surface area (Å²) in [5.74, 6) is 0.210. The molecule has 2 aromatic rings. The average Bonchev–Trinajstić information content (AvgIpc) is 2.83. The molecule has 0 amide bonds. The fraction of sp³-hybridized carbons (Fsp3) is 0.333. The highest BCUT2D eigenvalue weighted by atomic mass is 32.1. The van der Waals surface area contributed by atoms with E-state index in [1.54, 1.807) is 23.5 Å². The number of phenolic OH excluding ortho intramolecular Hbond substituents is 2. The highest BCUT2D eigenvalue weighted by molar-refractivity contribution is 7.10. The molecule has 0 bridgehead atoms. The Morgan fingerprint density at radius 1 is 1.26 bits per heavy atom. The molecular weight excluding hydrogens is 258 g/mol. The fourth-order valence-electron chi connectivity index (χ4n) is 2.09. The second-order valence-corrected chi connectivity index (χ2v) is 5.57. The molecule has 1 aromatic carbocycles. The molecule has 1 heterocycles. The second kappa shape index (κ2) is 6.08. The van der Waals surface area contributed by atoms with Crippen molar-refractivity contribution in [3.63, 3.8) is 0 Å². The van der Waals surface area contributed by atoms with Crippen LogP contribution in [0.3, 0.4) is 0 Å². The van der Waals surface area contributed by atoms with E-state index in [2.05, 4.69) is 23.7 Å². The maximum absolute atomic E-state index is 9.82. The van der Waals surface area contributed by atoms with Gasteiger partial charge in [0.2, 0.25) is 0 Å². The second-order valence-electron chi connectivity index (χ2n) is 4.57. The first-order valence-electron chi connectivity index (χ1n) is 6.42. The van der Waals surface area contributed by atoms with Gasteiger partial charge in [-0.1, -0.05) is 13.0 Å². The average molecular weight is 277 g/mol. The molecule has 1 unspecified atom stereocenters. The minimum atomic E-state index is 0.0346. The molecule has 0 aliphatic carbocycles. The summed E-state index contributed by atoms with van der Waals surface area (Å²) in [6.07, 6.45) is 1.04. The van der Waals surface area contributed by atoms with Gasteiger partial charge in [0.25, 0.3) is 0 Å². The van der Waals surface area contributed by atoms with Gasteiger partial charge in [-0.05, 0) is 36.4 Å². The monoisotopic (exact) mass is 277 g/mol. The summed E-state index contributed by atoms with van der Waals surface area (Å²) in [5, 5.41) is 24.6. The van der Waals surface area contributed by atoms with E-state index in [1.165, 1.54) is 16.5 Å². The Bertz CT molecular complexity index is 551. The van der Waals surface area contributed by atoms with Crippen LogP contribution >= 0.6 is 11.3 Å². The first-order valence-corrected chi connectivity index (χ1v) is 7.30. The Morgan fingerprint density at radius 2 is 2.05 bits per heavy atom. The van der Waals surface area contributed by atoms with Crippen LogP contribution in [-0.2, 0) is 13.0 Å². The Hall–Kier alpha value is -1.52. The predicted octanol–water partition coefficient (Wildman–Crippen LogP) is 3.57. The van der Waals surface area contributed by atoms with E-state index in [1.807, 2.05) is 6.92 Å². The van der Waals surface area contributed by atoms with Gasteiger partial charge in [-0.15, -0.1) is 11.3 Å². The van der Waals surface area contributed by atoms with E-state index < -0.39 is 0 Å². The fourth-order valence-corrected chi connectivity index (χ4v) is 3.02. The van der Waals surface area contributed by atoms with Gasteiger partial charge in [0, 0.05) is 29.1 Å². The van der Waals surface area contributed by atoms with Crippen molar-refractivity contribution in [1.82, 2.24) is 5.32 Å². The minimum Gasteiger partial charge on any atom is -0.508 e. The third kappa shape index (κ3) is 3.28. The lowest BCUT2D eigenvalue weighted by molar-refractivity contribution is 0.436. The van der Waals surface area contributed by atoms with Gasteiger partial charge in [0.15, 0.2) is 0 Å². The number of phenols is 2. The highest BCUT2D eigenvalue weighted by Crippen LogP contribution is 2.28. The quantitative estimate of drug-likeness (QED) is 0.783. The van der Waals surface area contributed by atoms with Crippen molar-refractivity contribution in [2.75, 3.05) is 0 Å². The van der Waals surface area contributed by atoms with Crippen LogP contribution in [0, 0.1) is 0 Å². The Morgan fingerprint density at radius 3 is 2.74 bits per heavy atom. The summed E-state index contributed by atoms with van der Waals surface area (Å²) in [5.41, 5.74) is 2.17.